The number of hydrogen-bond acceptors (Lipinski definition) is 14. The Bertz CT molecular complexity index is 2160. The quantitative estimate of drug-likeness (QED) is 0.0613. The molecule has 0 amide bonds. The van der Waals surface area contributed by atoms with Gasteiger partial charge in [0.05, 0.1) is 29.6 Å². The number of ether oxygens (including phenoxy) is 6. The summed E-state index contributed by atoms with van der Waals surface area (Å²) in [5.74, 6) is -4.95. The Kier molecular flexibility index (Phi) is 13.2. The molecule has 0 radical (unpaired) electrons. The molecule has 0 unspecified atom stereocenters. The summed E-state index contributed by atoms with van der Waals surface area (Å²) in [5, 5.41) is 14.0. The maximum absolute atomic E-state index is 16.4. The van der Waals surface area contributed by atoms with E-state index in [9.17, 15) is 29.1 Å². The molecule has 1 heterocycles. The summed E-state index contributed by atoms with van der Waals surface area (Å²) in [6.45, 7) is 13.6. The smallest absolute Gasteiger partial charge is 0.457 e. The molecule has 3 saturated carbocycles. The first-order valence-corrected chi connectivity index (χ1v) is 25.2. The number of esters is 3. The first-order chi connectivity index (χ1) is 30.3. The number of Topliss-reactive ketones (excluding diaryl/α,β-unsaturated/α-hetero) is 2. The van der Waals surface area contributed by atoms with Crippen LogP contribution < -0.4 is 0 Å². The van der Waals surface area contributed by atoms with Crippen molar-refractivity contribution in [2.45, 2.75) is 154 Å². The second-order valence-corrected chi connectivity index (χ2v) is 23.7. The van der Waals surface area contributed by atoms with Gasteiger partial charge < -0.3 is 38.0 Å². The van der Waals surface area contributed by atoms with Crippen LogP contribution in [0.15, 0.2) is 71.8 Å². The van der Waals surface area contributed by atoms with Gasteiger partial charge in [0.2, 0.25) is 0 Å². The van der Waals surface area contributed by atoms with Crippen LogP contribution in [0.25, 0.3) is 0 Å². The van der Waals surface area contributed by atoms with Crippen LogP contribution in [0.3, 0.4) is 0 Å². The number of ketones is 2. The van der Waals surface area contributed by atoms with Gasteiger partial charge in [-0.3, -0.25) is 19.2 Å². The summed E-state index contributed by atoms with van der Waals surface area (Å²) in [6, 6.07) is 19.2. The van der Waals surface area contributed by atoms with Crippen LogP contribution in [0.4, 0.5) is 4.79 Å². The fourth-order valence-electron chi connectivity index (χ4n) is 11.0. The van der Waals surface area contributed by atoms with Crippen LogP contribution in [0.2, 0.25) is 18.1 Å². The van der Waals surface area contributed by atoms with Crippen LogP contribution in [-0.2, 0) is 58.6 Å². The van der Waals surface area contributed by atoms with Crippen LogP contribution >= 0.6 is 0 Å². The molecular weight excluding hydrogens is 841 g/mol. The van der Waals surface area contributed by atoms with Crippen molar-refractivity contribution in [1.29, 1.82) is 0 Å². The molecule has 0 spiro atoms. The minimum Gasteiger partial charge on any atom is -0.457 e. The fourth-order valence-corrected chi connectivity index (χ4v) is 14.0. The van der Waals surface area contributed by atoms with Crippen LogP contribution in [0.5, 0.6) is 0 Å². The van der Waals surface area contributed by atoms with Gasteiger partial charge in [-0.15, -0.1) is 0 Å². The Balaban J connectivity index is 1.48. The average Bonchev–Trinajstić information content (AvgIpc) is 4.12. The van der Waals surface area contributed by atoms with Crippen LogP contribution in [0, 0.1) is 22.7 Å². The minimum atomic E-state index is -2.63. The number of benzene rings is 2. The van der Waals surface area contributed by atoms with Crippen molar-refractivity contribution in [3.8, 4) is 0 Å². The molecule has 4 aliphatic carbocycles. The van der Waals surface area contributed by atoms with E-state index in [0.29, 0.717) is 42.1 Å². The van der Waals surface area contributed by atoms with Crippen molar-refractivity contribution in [1.82, 2.24) is 0 Å². The van der Waals surface area contributed by atoms with E-state index in [1.807, 2.05) is 26.8 Å². The first-order valence-electron chi connectivity index (χ1n) is 22.6. The summed E-state index contributed by atoms with van der Waals surface area (Å²) in [7, 11) is -2.63. The number of fused-ring (bicyclic) bond motifs is 5. The molecule has 9 atom stereocenters. The molecule has 64 heavy (non-hydrogen) atoms. The predicted molar refractivity (Wildman–Crippen MR) is 233 cm³/mol. The van der Waals surface area contributed by atoms with E-state index in [1.165, 1.54) is 6.92 Å². The zero-order valence-electron chi connectivity index (χ0n) is 38.1. The lowest BCUT2D eigenvalue weighted by molar-refractivity contribution is -0.344. The summed E-state index contributed by atoms with van der Waals surface area (Å²) in [6.07, 6.45) is -7.27. The maximum Gasteiger partial charge on any atom is 0.509 e. The van der Waals surface area contributed by atoms with E-state index in [1.54, 1.807) is 82.3 Å². The molecule has 15 heteroatoms. The number of carbonyl (C=O) groups excluding carboxylic acids is 6. The van der Waals surface area contributed by atoms with Gasteiger partial charge in [-0.1, -0.05) is 83.1 Å². The second-order valence-electron chi connectivity index (χ2n) is 19.0. The average molecular weight is 903 g/mol. The first kappa shape index (κ1) is 47.3. The summed E-state index contributed by atoms with van der Waals surface area (Å²) < 4.78 is 44.5. The zero-order chi connectivity index (χ0) is 46.4. The van der Waals surface area contributed by atoms with Crippen molar-refractivity contribution >= 4 is 43.9 Å². The van der Waals surface area contributed by atoms with Gasteiger partial charge in [0, 0.05) is 31.1 Å². The SMILES string of the molecule is CC[Si](CC)(CC)O[C@H]1C[C@H]2OC[C@@]2(OC(C)=O)[C@H]2[C@H](OC(=O)c3ccccc3)[C@]3(O)C[C@H](OC(=O)CC(=O)C4CC4)C(C)=C([C@@H](OC(=O)OCc4ccccc4)C(=O)[C@]12C)C3(C)C. The van der Waals surface area contributed by atoms with Crippen LogP contribution in [-0.4, -0.2) is 97.4 Å². The number of carbonyl (C=O) groups is 6. The van der Waals surface area contributed by atoms with Gasteiger partial charge >= 0.3 is 24.1 Å². The summed E-state index contributed by atoms with van der Waals surface area (Å²) in [5.41, 5.74) is -6.19. The van der Waals surface area contributed by atoms with E-state index in [0.717, 1.165) is 0 Å². The number of aliphatic hydroxyl groups is 1. The highest BCUT2D eigenvalue weighted by atomic mass is 28.4. The molecule has 1 aliphatic heterocycles. The minimum absolute atomic E-state index is 0.0837. The lowest BCUT2D eigenvalue weighted by atomic mass is 9.44. The Hall–Kier alpha value is -4.70. The highest BCUT2D eigenvalue weighted by Gasteiger charge is 2.79. The fraction of sp³-hybridized carbons (Fsp3) is 0.592. The van der Waals surface area contributed by atoms with Crippen molar-refractivity contribution in [3.63, 3.8) is 0 Å². The third-order valence-corrected chi connectivity index (χ3v) is 19.9. The molecule has 0 aromatic heterocycles. The van der Waals surface area contributed by atoms with Gasteiger partial charge in [-0.25, -0.2) is 9.59 Å². The molecule has 1 N–H and O–H groups in total. The molecule has 2 aromatic carbocycles. The highest BCUT2D eigenvalue weighted by Crippen LogP contribution is 2.65. The predicted octanol–water partition coefficient (Wildman–Crippen LogP) is 7.39. The van der Waals surface area contributed by atoms with Crippen molar-refractivity contribution in [2.75, 3.05) is 6.61 Å². The van der Waals surface area contributed by atoms with E-state index in [4.69, 9.17) is 32.8 Å². The third kappa shape index (κ3) is 8.26. The van der Waals surface area contributed by atoms with Crippen LogP contribution in [0.1, 0.15) is 103 Å². The molecular formula is C49H62O14Si. The van der Waals surface area contributed by atoms with Gasteiger partial charge in [0.1, 0.15) is 42.7 Å². The lowest BCUT2D eigenvalue weighted by Crippen LogP contribution is -2.82. The lowest BCUT2D eigenvalue weighted by Gasteiger charge is -2.68. The maximum atomic E-state index is 16.4. The summed E-state index contributed by atoms with van der Waals surface area (Å²) >= 11 is 0. The molecule has 5 aliphatic rings. The molecule has 7 rings (SSSR count). The second kappa shape index (κ2) is 17.9. The van der Waals surface area contributed by atoms with Crippen molar-refractivity contribution in [2.24, 2.45) is 22.7 Å². The molecule has 2 aromatic rings. The van der Waals surface area contributed by atoms with Crippen molar-refractivity contribution in [3.05, 3.63) is 82.9 Å². The normalized spacial score (nSPS) is 31.7. The molecule has 1 saturated heterocycles. The van der Waals surface area contributed by atoms with E-state index < -0.39 is 103 Å². The van der Waals surface area contributed by atoms with E-state index in [2.05, 4.69) is 0 Å². The highest BCUT2D eigenvalue weighted by molar-refractivity contribution is 6.73. The van der Waals surface area contributed by atoms with Gasteiger partial charge in [-0.05, 0) is 73.7 Å². The number of hydrogen-bond donors (Lipinski definition) is 1. The Morgan fingerprint density at radius 1 is 0.875 bits per heavy atom. The molecule has 14 nitrogen and oxygen atoms in total. The topological polar surface area (TPSA) is 187 Å². The van der Waals surface area contributed by atoms with Gasteiger partial charge in [-0.2, -0.15) is 0 Å². The zero-order valence-corrected chi connectivity index (χ0v) is 39.1. The Morgan fingerprint density at radius 3 is 2.06 bits per heavy atom. The van der Waals surface area contributed by atoms with E-state index in [-0.39, 0.29) is 48.9 Å². The monoisotopic (exact) mass is 902 g/mol. The Labute approximate surface area is 375 Å². The largest absolute Gasteiger partial charge is 0.509 e. The number of rotatable bonds is 15. The molecule has 346 valence electrons. The third-order valence-electron chi connectivity index (χ3n) is 15.2. The standard InChI is InChI=1S/C49H62O14Si/c1-9-64(10-2,11-3)63-36-25-37-48(28-58-37,62-30(5)50)41-43(61-44(54)33-20-16-13-17-21-33)49(56)26-35(59-38(52)24-34(51)32-22-23-32)29(4)39(46(49,6)7)40(42(53)47(36,41)8)60-45(55)57-27-31-18-14-12-15-19-31/h12-21,32,35-37,40-41,43,56H,9-11,22-28H2,1-8H3/t35-,36-,37+,40+,41-,43-,47+,48-,49+/m0/s1. The van der Waals surface area contributed by atoms with Gasteiger partial charge in [0.25, 0.3) is 0 Å². The van der Waals surface area contributed by atoms with E-state index >= 15 is 4.79 Å². The summed E-state index contributed by atoms with van der Waals surface area (Å²) in [4.78, 5) is 85.0. The van der Waals surface area contributed by atoms with Gasteiger partial charge in [0.15, 0.2) is 25.8 Å². The molecule has 2 bridgehead atoms. The Morgan fingerprint density at radius 2 is 1.50 bits per heavy atom. The van der Waals surface area contributed by atoms with Crippen molar-refractivity contribution < 1.29 is 66.7 Å². The molecule has 4 fully saturated rings.